The Morgan fingerprint density at radius 1 is 0.317 bits per heavy atom. The first kappa shape index (κ1) is 54.0. The van der Waals surface area contributed by atoms with Crippen LogP contribution in [0.5, 0.6) is 0 Å². The van der Waals surface area contributed by atoms with E-state index >= 15 is 0 Å². The second kappa shape index (κ2) is 25.4. The Balaban J connectivity index is 1.83. The first-order valence-electron chi connectivity index (χ1n) is 25.4. The van der Waals surface area contributed by atoms with Gasteiger partial charge in [-0.3, -0.25) is 0 Å². The lowest BCUT2D eigenvalue weighted by atomic mass is 9.84. The molecular formula is C51H98O9. The van der Waals surface area contributed by atoms with Crippen LogP contribution >= 0.6 is 0 Å². The van der Waals surface area contributed by atoms with Crippen LogP contribution in [-0.4, -0.2) is 111 Å². The van der Waals surface area contributed by atoms with Gasteiger partial charge in [-0.15, -0.1) is 0 Å². The van der Waals surface area contributed by atoms with E-state index < -0.39 is 0 Å². The van der Waals surface area contributed by atoms with E-state index in [0.717, 1.165) is 142 Å². The second-order valence-corrected chi connectivity index (χ2v) is 19.3. The number of hydrogen-bond donors (Lipinski definition) is 0. The average Bonchev–Trinajstić information content (AvgIpc) is 4.15. The van der Waals surface area contributed by atoms with Crippen LogP contribution in [0.15, 0.2) is 0 Å². The molecule has 0 N–H and O–H groups in total. The Kier molecular flexibility index (Phi) is 22.8. The van der Waals surface area contributed by atoms with Crippen LogP contribution < -0.4 is 0 Å². The monoisotopic (exact) mass is 855 g/mol. The third-order valence-corrected chi connectivity index (χ3v) is 16.4. The smallest absolute Gasteiger partial charge is 0.0837 e. The van der Waals surface area contributed by atoms with Gasteiger partial charge in [-0.25, -0.2) is 0 Å². The fraction of sp³-hybridized carbons (Fsp3) is 1.00. The van der Waals surface area contributed by atoms with E-state index in [2.05, 4.69) is 90.0 Å². The summed E-state index contributed by atoms with van der Waals surface area (Å²) in [5.41, 5.74) is -1.64. The summed E-state index contributed by atoms with van der Waals surface area (Å²) in [4.78, 5) is 0. The number of hydrogen-bond acceptors (Lipinski definition) is 9. The standard InChI is InChI=1S/C51H98O9/c1-14-45(39-58-46(15-2,16-3)27-30-55-49(21-8,22-9)33-42-36-52-42,40-59-47(17-4,18-5)28-31-56-50(23-10,24-11)34-43-37-53-43)41-60-48(19-6,20-7)29-32-57-51(25-12,26-13)35-44-38-54-44/h42-44H,14-41H2,1-13H3. The molecule has 0 aromatic heterocycles. The van der Waals surface area contributed by atoms with Crippen molar-refractivity contribution in [3.8, 4) is 0 Å². The molecule has 0 bridgehead atoms. The second-order valence-electron chi connectivity index (χ2n) is 19.3. The molecule has 0 spiro atoms. The predicted molar refractivity (Wildman–Crippen MR) is 245 cm³/mol. The summed E-state index contributed by atoms with van der Waals surface area (Å²) in [5.74, 6) is 0. The third kappa shape index (κ3) is 16.0. The van der Waals surface area contributed by atoms with Gasteiger partial charge in [-0.1, -0.05) is 90.0 Å². The van der Waals surface area contributed by atoms with Crippen LogP contribution in [0.25, 0.3) is 0 Å². The molecule has 9 nitrogen and oxygen atoms in total. The lowest BCUT2D eigenvalue weighted by Crippen LogP contribution is -2.48. The maximum absolute atomic E-state index is 7.28. The molecule has 3 atom stereocenters. The fourth-order valence-corrected chi connectivity index (χ4v) is 9.56. The zero-order valence-electron chi connectivity index (χ0n) is 41.7. The van der Waals surface area contributed by atoms with Crippen LogP contribution in [-0.2, 0) is 42.6 Å². The minimum Gasteiger partial charge on any atom is -0.375 e. The molecule has 3 fully saturated rings. The highest BCUT2D eigenvalue weighted by Crippen LogP contribution is 2.40. The Hall–Kier alpha value is -0.360. The summed E-state index contributed by atoms with van der Waals surface area (Å²) in [7, 11) is 0. The molecule has 0 amide bonds. The van der Waals surface area contributed by atoms with E-state index in [1.165, 1.54) is 0 Å². The van der Waals surface area contributed by atoms with Crippen molar-refractivity contribution in [1.29, 1.82) is 0 Å². The molecular weight excluding hydrogens is 757 g/mol. The van der Waals surface area contributed by atoms with Crippen molar-refractivity contribution in [1.82, 2.24) is 0 Å². The Morgan fingerprint density at radius 2 is 0.533 bits per heavy atom. The van der Waals surface area contributed by atoms with Crippen molar-refractivity contribution >= 4 is 0 Å². The van der Waals surface area contributed by atoms with E-state index in [1.54, 1.807) is 0 Å². The molecule has 3 rings (SSSR count). The number of ether oxygens (including phenoxy) is 9. The summed E-state index contributed by atoms with van der Waals surface area (Å²) in [6.07, 6.45) is 18.9. The molecule has 3 aliphatic heterocycles. The maximum Gasteiger partial charge on any atom is 0.0837 e. The van der Waals surface area contributed by atoms with Gasteiger partial charge in [0.2, 0.25) is 0 Å². The van der Waals surface area contributed by atoms with Crippen molar-refractivity contribution in [3.05, 3.63) is 0 Å². The van der Waals surface area contributed by atoms with Gasteiger partial charge in [0.05, 0.1) is 111 Å². The van der Waals surface area contributed by atoms with Gasteiger partial charge in [-0.05, 0) is 103 Å². The normalized spacial score (nSPS) is 21.1. The highest BCUT2D eigenvalue weighted by Gasteiger charge is 2.43. The highest BCUT2D eigenvalue weighted by molar-refractivity contribution is 4.92. The van der Waals surface area contributed by atoms with Crippen LogP contribution in [0, 0.1) is 5.41 Å². The van der Waals surface area contributed by atoms with E-state index in [9.17, 15) is 0 Å². The summed E-state index contributed by atoms with van der Waals surface area (Å²) < 4.78 is 59.2. The summed E-state index contributed by atoms with van der Waals surface area (Å²) in [6, 6.07) is 0. The number of rotatable bonds is 40. The van der Waals surface area contributed by atoms with Gasteiger partial charge in [-0.2, -0.15) is 0 Å². The summed E-state index contributed by atoms with van der Waals surface area (Å²) >= 11 is 0. The predicted octanol–water partition coefficient (Wildman–Crippen LogP) is 12.4. The van der Waals surface area contributed by atoms with Crippen molar-refractivity contribution < 1.29 is 42.6 Å². The first-order chi connectivity index (χ1) is 28.8. The molecule has 3 saturated heterocycles. The molecule has 0 radical (unpaired) electrons. The van der Waals surface area contributed by atoms with Gasteiger partial charge in [0.15, 0.2) is 0 Å². The lowest BCUT2D eigenvalue weighted by molar-refractivity contribution is -0.189. The van der Waals surface area contributed by atoms with Gasteiger partial charge in [0.1, 0.15) is 0 Å². The maximum atomic E-state index is 7.28. The van der Waals surface area contributed by atoms with Crippen molar-refractivity contribution in [2.45, 2.75) is 264 Å². The minimum absolute atomic E-state index is 0.136. The van der Waals surface area contributed by atoms with E-state index in [4.69, 9.17) is 42.6 Å². The van der Waals surface area contributed by atoms with Gasteiger partial charge < -0.3 is 42.6 Å². The molecule has 9 heteroatoms. The number of epoxide rings is 3. The zero-order chi connectivity index (χ0) is 44.4. The first-order valence-corrected chi connectivity index (χ1v) is 25.4. The molecule has 0 aromatic rings. The highest BCUT2D eigenvalue weighted by atomic mass is 16.6. The van der Waals surface area contributed by atoms with Crippen molar-refractivity contribution in [3.63, 3.8) is 0 Å². The summed E-state index contributed by atoms with van der Waals surface area (Å²) in [5, 5.41) is 0. The zero-order valence-corrected chi connectivity index (χ0v) is 41.7. The lowest BCUT2D eigenvalue weighted by Gasteiger charge is -2.44. The van der Waals surface area contributed by atoms with E-state index in [-0.39, 0.29) is 39.0 Å². The Bertz CT molecular complexity index is 988. The molecule has 3 unspecified atom stereocenters. The van der Waals surface area contributed by atoms with Gasteiger partial charge in [0, 0.05) is 24.7 Å². The SMILES string of the molecule is CCC(COC(CC)(CC)CCOC(CC)(CC)CC1CO1)(COC(CC)(CC)CCOC(CC)(CC)CC1CO1)COC(CC)(CC)CCOC(CC)(CC)CC1CO1. The molecule has 60 heavy (non-hydrogen) atoms. The Morgan fingerprint density at radius 3 is 0.700 bits per heavy atom. The van der Waals surface area contributed by atoms with E-state index in [0.29, 0.717) is 58.0 Å². The quantitative estimate of drug-likeness (QED) is 0.0559. The topological polar surface area (TPSA) is 93.0 Å². The van der Waals surface area contributed by atoms with Gasteiger partial charge in [0.25, 0.3) is 0 Å². The van der Waals surface area contributed by atoms with Crippen LogP contribution in [0.2, 0.25) is 0 Å². The molecule has 0 aliphatic carbocycles. The van der Waals surface area contributed by atoms with Crippen molar-refractivity contribution in [2.24, 2.45) is 5.41 Å². The average molecular weight is 855 g/mol. The van der Waals surface area contributed by atoms with Crippen molar-refractivity contribution in [2.75, 3.05) is 59.5 Å². The molecule has 0 saturated carbocycles. The third-order valence-electron chi connectivity index (χ3n) is 16.4. The largest absolute Gasteiger partial charge is 0.375 e. The molecule has 3 heterocycles. The van der Waals surface area contributed by atoms with Crippen LogP contribution in [0.1, 0.15) is 212 Å². The summed E-state index contributed by atoms with van der Waals surface area (Å²) in [6.45, 7) is 35.8. The molecule has 3 aliphatic rings. The fourth-order valence-electron chi connectivity index (χ4n) is 9.56. The van der Waals surface area contributed by atoms with Gasteiger partial charge >= 0.3 is 0 Å². The minimum atomic E-state index is -0.344. The molecule has 356 valence electrons. The molecule has 0 aromatic carbocycles. The van der Waals surface area contributed by atoms with Crippen LogP contribution in [0.4, 0.5) is 0 Å². The Labute approximate surface area is 370 Å². The van der Waals surface area contributed by atoms with Crippen LogP contribution in [0.3, 0.4) is 0 Å². The van der Waals surface area contributed by atoms with E-state index in [1.807, 2.05) is 0 Å².